The van der Waals surface area contributed by atoms with Crippen LogP contribution in [0.2, 0.25) is 0 Å². The quantitative estimate of drug-likeness (QED) is 0.649. The van der Waals surface area contributed by atoms with Crippen LogP contribution in [0.5, 0.6) is 0 Å². The van der Waals surface area contributed by atoms with Crippen LogP contribution in [0, 0.1) is 5.92 Å². The summed E-state index contributed by atoms with van der Waals surface area (Å²) in [7, 11) is 0. The van der Waals surface area contributed by atoms with Crippen molar-refractivity contribution in [2.45, 2.75) is 44.9 Å². The largest absolute Gasteiger partial charge is 0.443 e. The smallest absolute Gasteiger partial charge is 0.303 e. The summed E-state index contributed by atoms with van der Waals surface area (Å²) in [5.74, 6) is -7.38. The highest BCUT2D eigenvalue weighted by Crippen LogP contribution is 2.49. The van der Waals surface area contributed by atoms with Gasteiger partial charge in [0.1, 0.15) is 0 Å². The topological polar surface area (TPSA) is 18.5 Å². The van der Waals surface area contributed by atoms with Crippen LogP contribution in [-0.2, 0) is 9.47 Å². The lowest BCUT2D eigenvalue weighted by Gasteiger charge is -2.28. The molecule has 1 aliphatic rings. The molecule has 90 valence electrons. The molecule has 3 atom stereocenters. The molecule has 0 spiro atoms. The summed E-state index contributed by atoms with van der Waals surface area (Å²) in [5, 5.41) is 0. The zero-order chi connectivity index (χ0) is 12.1. The van der Waals surface area contributed by atoms with E-state index < -0.39 is 30.1 Å². The highest BCUT2D eigenvalue weighted by atomic mass is 19.4. The van der Waals surface area contributed by atoms with Crippen molar-refractivity contribution < 1.29 is 31.4 Å². The number of alkyl halides is 5. The van der Waals surface area contributed by atoms with Crippen molar-refractivity contribution in [1.29, 1.82) is 0 Å². The second kappa shape index (κ2) is 3.28. The fourth-order valence-electron chi connectivity index (χ4n) is 1.15. The maximum Gasteiger partial charge on any atom is 0.443 e. The van der Waals surface area contributed by atoms with Gasteiger partial charge in [0.15, 0.2) is 0 Å². The molecular formula is C8H11F5O2. The van der Waals surface area contributed by atoms with Crippen molar-refractivity contribution in [3.8, 4) is 0 Å². The Labute approximate surface area is 83.3 Å². The van der Waals surface area contributed by atoms with Crippen LogP contribution in [0.4, 0.5) is 22.0 Å². The Hall–Kier alpha value is -0.430. The van der Waals surface area contributed by atoms with Crippen LogP contribution in [0.3, 0.4) is 0 Å². The van der Waals surface area contributed by atoms with Gasteiger partial charge in [-0.1, -0.05) is 13.8 Å². The lowest BCUT2D eigenvalue weighted by molar-refractivity contribution is -0.359. The van der Waals surface area contributed by atoms with Gasteiger partial charge in [0.2, 0.25) is 0 Å². The second-order valence-corrected chi connectivity index (χ2v) is 3.83. The average Bonchev–Trinajstić information content (AvgIpc) is 2.23. The molecule has 7 heteroatoms. The van der Waals surface area contributed by atoms with Crippen LogP contribution in [0.15, 0.2) is 0 Å². The van der Waals surface area contributed by atoms with Gasteiger partial charge in [-0.15, -0.1) is 0 Å². The first-order valence-corrected chi connectivity index (χ1v) is 4.30. The first kappa shape index (κ1) is 12.6. The molecular weight excluding hydrogens is 223 g/mol. The monoisotopic (exact) mass is 234 g/mol. The molecule has 3 unspecified atom stereocenters. The van der Waals surface area contributed by atoms with Gasteiger partial charge in [-0.3, -0.25) is 0 Å². The standard InChI is InChI=1S/C8H11F5O2/c1-4(2)7(10)5(9)14-6(3,15-7)8(11,12)13/h4-5H,1-3H3. The molecule has 0 aromatic rings. The number of rotatable bonds is 1. The van der Waals surface area contributed by atoms with Gasteiger partial charge in [-0.05, 0) is 6.92 Å². The predicted molar refractivity (Wildman–Crippen MR) is 40.2 cm³/mol. The summed E-state index contributed by atoms with van der Waals surface area (Å²) in [6.07, 6.45) is -7.73. The molecule has 1 fully saturated rings. The molecule has 0 radical (unpaired) electrons. The fourth-order valence-corrected chi connectivity index (χ4v) is 1.15. The van der Waals surface area contributed by atoms with E-state index in [-0.39, 0.29) is 0 Å². The van der Waals surface area contributed by atoms with Crippen LogP contribution < -0.4 is 0 Å². The molecule has 1 aliphatic heterocycles. The molecule has 1 rings (SSSR count). The molecule has 2 nitrogen and oxygen atoms in total. The second-order valence-electron chi connectivity index (χ2n) is 3.83. The zero-order valence-electron chi connectivity index (χ0n) is 8.36. The van der Waals surface area contributed by atoms with Crippen LogP contribution >= 0.6 is 0 Å². The van der Waals surface area contributed by atoms with E-state index in [1.807, 2.05) is 0 Å². The van der Waals surface area contributed by atoms with Gasteiger partial charge < -0.3 is 9.47 Å². The number of halogens is 5. The third-order valence-electron chi connectivity index (χ3n) is 2.29. The summed E-state index contributed by atoms with van der Waals surface area (Å²) in [6, 6.07) is 0. The lowest BCUT2D eigenvalue weighted by Crippen LogP contribution is -2.46. The minimum atomic E-state index is -4.99. The molecule has 0 aromatic carbocycles. The minimum absolute atomic E-state index is 0.448. The Balaban J connectivity index is 2.98. The number of hydrogen-bond acceptors (Lipinski definition) is 2. The van der Waals surface area contributed by atoms with Crippen LogP contribution in [-0.4, -0.2) is 24.2 Å². The summed E-state index contributed by atoms with van der Waals surface area (Å²) >= 11 is 0. The van der Waals surface area contributed by atoms with Gasteiger partial charge in [-0.2, -0.15) is 13.2 Å². The van der Waals surface area contributed by atoms with E-state index in [9.17, 15) is 22.0 Å². The summed E-state index contributed by atoms with van der Waals surface area (Å²) in [4.78, 5) is 0. The van der Waals surface area contributed by atoms with Gasteiger partial charge >= 0.3 is 6.18 Å². The Morgan fingerprint density at radius 1 is 1.27 bits per heavy atom. The van der Waals surface area contributed by atoms with E-state index in [1.165, 1.54) is 13.8 Å². The van der Waals surface area contributed by atoms with Gasteiger partial charge in [-0.25, -0.2) is 8.78 Å². The third-order valence-corrected chi connectivity index (χ3v) is 2.29. The van der Waals surface area contributed by atoms with Gasteiger partial charge in [0.05, 0.1) is 0 Å². The van der Waals surface area contributed by atoms with Gasteiger partial charge in [0.25, 0.3) is 18.0 Å². The molecule has 0 N–H and O–H groups in total. The summed E-state index contributed by atoms with van der Waals surface area (Å²) in [5.41, 5.74) is 0. The molecule has 0 amide bonds. The van der Waals surface area contributed by atoms with E-state index in [1.54, 1.807) is 0 Å². The van der Waals surface area contributed by atoms with Crippen molar-refractivity contribution in [3.05, 3.63) is 0 Å². The van der Waals surface area contributed by atoms with Crippen LogP contribution in [0.25, 0.3) is 0 Å². The third kappa shape index (κ3) is 1.82. The average molecular weight is 234 g/mol. The van der Waals surface area contributed by atoms with Crippen molar-refractivity contribution in [2.24, 2.45) is 5.92 Å². The fraction of sp³-hybridized carbons (Fsp3) is 1.00. The summed E-state index contributed by atoms with van der Waals surface area (Å²) < 4.78 is 71.7. The van der Waals surface area contributed by atoms with Crippen molar-refractivity contribution in [2.75, 3.05) is 0 Å². The maximum atomic E-state index is 13.6. The van der Waals surface area contributed by atoms with E-state index in [4.69, 9.17) is 0 Å². The maximum absolute atomic E-state index is 13.6. The molecule has 0 aliphatic carbocycles. The normalized spacial score (nSPS) is 42.6. The highest BCUT2D eigenvalue weighted by Gasteiger charge is 2.68. The van der Waals surface area contributed by atoms with E-state index in [2.05, 4.69) is 9.47 Å². The van der Waals surface area contributed by atoms with Crippen LogP contribution in [0.1, 0.15) is 20.8 Å². The zero-order valence-corrected chi connectivity index (χ0v) is 8.36. The molecule has 0 bridgehead atoms. The Bertz CT molecular complexity index is 254. The van der Waals surface area contributed by atoms with Crippen molar-refractivity contribution in [1.82, 2.24) is 0 Å². The lowest BCUT2D eigenvalue weighted by atomic mass is 10.1. The molecule has 1 saturated heterocycles. The molecule has 1 heterocycles. The Morgan fingerprint density at radius 2 is 1.73 bits per heavy atom. The van der Waals surface area contributed by atoms with E-state index in [0.717, 1.165) is 0 Å². The first-order chi connectivity index (χ1) is 6.53. The minimum Gasteiger partial charge on any atom is -0.303 e. The molecule has 0 aromatic heterocycles. The number of hydrogen-bond donors (Lipinski definition) is 0. The van der Waals surface area contributed by atoms with Gasteiger partial charge in [0, 0.05) is 5.92 Å². The molecule has 15 heavy (non-hydrogen) atoms. The number of ether oxygens (including phenoxy) is 2. The molecule has 0 saturated carbocycles. The SMILES string of the molecule is CC(C)C1(F)OC(C)(C(F)(F)F)OC1F. The Kier molecular flexibility index (Phi) is 2.76. The van der Waals surface area contributed by atoms with E-state index in [0.29, 0.717) is 6.92 Å². The van der Waals surface area contributed by atoms with Crippen molar-refractivity contribution >= 4 is 0 Å². The first-order valence-electron chi connectivity index (χ1n) is 4.30. The van der Waals surface area contributed by atoms with Crippen molar-refractivity contribution in [3.63, 3.8) is 0 Å². The summed E-state index contributed by atoms with van der Waals surface area (Å²) in [6.45, 7) is 2.86. The Morgan fingerprint density at radius 3 is 1.93 bits per heavy atom. The van der Waals surface area contributed by atoms with E-state index >= 15 is 0 Å². The highest BCUT2D eigenvalue weighted by molar-refractivity contribution is 4.90. The predicted octanol–water partition coefficient (Wildman–Crippen LogP) is 2.93.